The Kier molecular flexibility index (Phi) is 5.75. The molecule has 0 radical (unpaired) electrons. The molecule has 0 aliphatic carbocycles. The first-order chi connectivity index (χ1) is 12.8. The van der Waals surface area contributed by atoms with Gasteiger partial charge in [-0.1, -0.05) is 23.2 Å². The number of nitrogens with one attached hydrogen (secondary N) is 1. The van der Waals surface area contributed by atoms with Crippen molar-refractivity contribution in [3.8, 4) is 11.5 Å². The topological polar surface area (TPSA) is 98.5 Å². The number of thiophene rings is 1. The van der Waals surface area contributed by atoms with E-state index in [9.17, 15) is 13.2 Å². The lowest BCUT2D eigenvalue weighted by Gasteiger charge is -2.06. The van der Waals surface area contributed by atoms with E-state index in [1.165, 1.54) is 24.5 Å². The van der Waals surface area contributed by atoms with E-state index in [1.807, 2.05) is 0 Å². The van der Waals surface area contributed by atoms with Crippen LogP contribution < -0.4 is 4.72 Å². The maximum absolute atomic E-state index is 12.4. The van der Waals surface area contributed by atoms with Crippen LogP contribution in [0.2, 0.25) is 9.36 Å². The minimum Gasteiger partial charge on any atom is -0.461 e. The average molecular weight is 447 g/mol. The highest BCUT2D eigenvalue weighted by Gasteiger charge is 2.20. The molecule has 27 heavy (non-hydrogen) atoms. The Morgan fingerprint density at radius 2 is 2.00 bits per heavy atom. The number of sulfonamides is 1. The molecule has 0 spiro atoms. The summed E-state index contributed by atoms with van der Waals surface area (Å²) in [6.07, 6.45) is 1.20. The molecule has 0 saturated carbocycles. The van der Waals surface area contributed by atoms with Crippen LogP contribution in [0.1, 0.15) is 17.4 Å². The highest BCUT2D eigenvalue weighted by molar-refractivity contribution is 7.94. The van der Waals surface area contributed by atoms with E-state index in [1.54, 1.807) is 19.1 Å². The second-order valence-corrected chi connectivity index (χ2v) is 9.10. The summed E-state index contributed by atoms with van der Waals surface area (Å²) >= 11 is 12.5. The smallest absolute Gasteiger partial charge is 0.360 e. The van der Waals surface area contributed by atoms with Crippen LogP contribution in [0.15, 0.2) is 45.2 Å². The summed E-state index contributed by atoms with van der Waals surface area (Å²) in [7, 11) is -3.81. The van der Waals surface area contributed by atoms with E-state index in [4.69, 9.17) is 32.4 Å². The predicted octanol–water partition coefficient (Wildman–Crippen LogP) is 4.69. The molecule has 0 fully saturated rings. The lowest BCUT2D eigenvalue weighted by Crippen LogP contribution is -2.11. The summed E-state index contributed by atoms with van der Waals surface area (Å²) in [4.78, 5) is 15.7. The van der Waals surface area contributed by atoms with E-state index in [0.717, 1.165) is 11.3 Å². The molecule has 3 rings (SSSR count). The van der Waals surface area contributed by atoms with Crippen LogP contribution in [-0.2, 0) is 14.8 Å². The van der Waals surface area contributed by atoms with Crippen molar-refractivity contribution in [1.29, 1.82) is 0 Å². The summed E-state index contributed by atoms with van der Waals surface area (Å²) in [5.74, 6) is -0.366. The fourth-order valence-corrected chi connectivity index (χ4v) is 4.99. The molecule has 0 saturated heterocycles. The minimum absolute atomic E-state index is 0.00774. The molecular formula is C16H12Cl2N2O5S2. The Labute approximate surface area is 168 Å². The van der Waals surface area contributed by atoms with Crippen LogP contribution in [0.25, 0.3) is 11.5 Å². The fraction of sp³-hybridized carbons (Fsp3) is 0.125. The molecule has 0 bridgehead atoms. The first kappa shape index (κ1) is 19.7. The number of nitrogens with zero attached hydrogens (tertiary/aromatic N) is 1. The number of benzene rings is 1. The van der Waals surface area contributed by atoms with Gasteiger partial charge in [0.1, 0.15) is 14.8 Å². The van der Waals surface area contributed by atoms with E-state index >= 15 is 0 Å². The normalized spacial score (nSPS) is 11.4. The molecule has 2 heterocycles. The predicted molar refractivity (Wildman–Crippen MR) is 103 cm³/mol. The van der Waals surface area contributed by atoms with Gasteiger partial charge >= 0.3 is 5.97 Å². The maximum Gasteiger partial charge on any atom is 0.360 e. The van der Waals surface area contributed by atoms with Crippen molar-refractivity contribution < 1.29 is 22.4 Å². The zero-order chi connectivity index (χ0) is 19.6. The molecule has 0 atom stereocenters. The quantitative estimate of drug-likeness (QED) is 0.551. The summed E-state index contributed by atoms with van der Waals surface area (Å²) in [5, 5.41) is 0.179. The number of anilines is 1. The van der Waals surface area contributed by atoms with Gasteiger partial charge in [0.25, 0.3) is 10.0 Å². The van der Waals surface area contributed by atoms with Crippen LogP contribution in [0.3, 0.4) is 0 Å². The first-order valence-electron chi connectivity index (χ1n) is 7.51. The van der Waals surface area contributed by atoms with Gasteiger partial charge in [-0.2, -0.15) is 0 Å². The van der Waals surface area contributed by atoms with E-state index in [-0.39, 0.29) is 31.8 Å². The lowest BCUT2D eigenvalue weighted by atomic mass is 10.2. The van der Waals surface area contributed by atoms with Crippen LogP contribution in [0.4, 0.5) is 5.69 Å². The molecule has 1 N–H and O–H groups in total. The molecule has 7 nitrogen and oxygen atoms in total. The number of oxazole rings is 1. The maximum atomic E-state index is 12.4. The molecule has 0 unspecified atom stereocenters. The van der Waals surface area contributed by atoms with Gasteiger partial charge in [-0.3, -0.25) is 4.72 Å². The number of hydrogen-bond donors (Lipinski definition) is 1. The number of aromatic nitrogens is 1. The van der Waals surface area contributed by atoms with Gasteiger partial charge in [-0.15, -0.1) is 11.3 Å². The van der Waals surface area contributed by atoms with Crippen molar-refractivity contribution in [2.45, 2.75) is 11.1 Å². The number of carbonyl (C=O) groups excluding carboxylic acids is 1. The zero-order valence-electron chi connectivity index (χ0n) is 13.7. The van der Waals surface area contributed by atoms with Crippen molar-refractivity contribution in [2.24, 2.45) is 0 Å². The van der Waals surface area contributed by atoms with Gasteiger partial charge in [0, 0.05) is 11.3 Å². The molecule has 3 aromatic rings. The van der Waals surface area contributed by atoms with Gasteiger partial charge in [-0.05, 0) is 37.3 Å². The summed E-state index contributed by atoms with van der Waals surface area (Å²) < 4.78 is 37.5. The molecule has 1 aromatic carbocycles. The van der Waals surface area contributed by atoms with Crippen molar-refractivity contribution in [3.63, 3.8) is 0 Å². The Balaban J connectivity index is 1.76. The lowest BCUT2D eigenvalue weighted by molar-refractivity contribution is 0.0519. The molecule has 0 amide bonds. The number of carbonyl (C=O) groups is 1. The third-order valence-corrected chi connectivity index (χ3v) is 6.98. The van der Waals surface area contributed by atoms with Crippen LogP contribution in [0.5, 0.6) is 0 Å². The molecule has 11 heteroatoms. The number of hydrogen-bond acceptors (Lipinski definition) is 7. The van der Waals surface area contributed by atoms with Gasteiger partial charge in [0.2, 0.25) is 5.89 Å². The second-order valence-electron chi connectivity index (χ2n) is 5.13. The van der Waals surface area contributed by atoms with Crippen molar-refractivity contribution in [3.05, 3.63) is 51.6 Å². The first-order valence-corrected chi connectivity index (χ1v) is 10.6. The molecule has 2 aromatic heterocycles. The molecule has 142 valence electrons. The Bertz CT molecular complexity index is 1060. The third kappa shape index (κ3) is 4.44. The zero-order valence-corrected chi connectivity index (χ0v) is 16.9. The van der Waals surface area contributed by atoms with Crippen molar-refractivity contribution in [2.75, 3.05) is 11.3 Å². The molecule has 0 aliphatic rings. The fourth-order valence-electron chi connectivity index (χ4n) is 2.05. The highest BCUT2D eigenvalue weighted by Crippen LogP contribution is 2.35. The minimum atomic E-state index is -3.81. The summed E-state index contributed by atoms with van der Waals surface area (Å²) in [6, 6.07) is 7.57. The number of esters is 1. The van der Waals surface area contributed by atoms with Gasteiger partial charge in [0.15, 0.2) is 5.69 Å². The molecular weight excluding hydrogens is 435 g/mol. The number of halogens is 2. The number of rotatable bonds is 6. The Morgan fingerprint density at radius 3 is 2.59 bits per heavy atom. The summed E-state index contributed by atoms with van der Waals surface area (Å²) in [5.41, 5.74) is 0.954. The van der Waals surface area contributed by atoms with E-state index in [2.05, 4.69) is 9.71 Å². The van der Waals surface area contributed by atoms with E-state index in [0.29, 0.717) is 11.3 Å². The van der Waals surface area contributed by atoms with Crippen molar-refractivity contribution >= 4 is 56.2 Å². The Hall–Kier alpha value is -2.07. The largest absolute Gasteiger partial charge is 0.461 e. The molecule has 0 aliphatic heterocycles. The second kappa shape index (κ2) is 7.89. The van der Waals surface area contributed by atoms with Gasteiger partial charge < -0.3 is 9.15 Å². The van der Waals surface area contributed by atoms with Crippen molar-refractivity contribution in [1.82, 2.24) is 4.98 Å². The average Bonchev–Trinajstić information content (AvgIpc) is 3.24. The SMILES string of the molecule is CCOC(=O)c1coc(-c2ccc(NS(=O)(=O)c3cc(Cl)c(Cl)s3)cc2)n1. The standard InChI is InChI=1S/C16H12Cl2N2O5S2/c1-2-24-16(21)12-8-25-15(19-12)9-3-5-10(6-4-9)20-27(22,23)13-7-11(17)14(18)26-13/h3-8,20H,2H2,1H3. The van der Waals surface area contributed by atoms with Gasteiger partial charge in [0.05, 0.1) is 11.6 Å². The van der Waals surface area contributed by atoms with Crippen LogP contribution >= 0.6 is 34.5 Å². The highest BCUT2D eigenvalue weighted by atomic mass is 35.5. The van der Waals surface area contributed by atoms with E-state index < -0.39 is 16.0 Å². The number of ether oxygens (including phenoxy) is 1. The van der Waals surface area contributed by atoms with Crippen LogP contribution in [0, 0.1) is 0 Å². The Morgan fingerprint density at radius 1 is 1.30 bits per heavy atom. The third-order valence-electron chi connectivity index (χ3n) is 3.26. The summed E-state index contributed by atoms with van der Waals surface area (Å²) in [6.45, 7) is 1.92. The monoisotopic (exact) mass is 446 g/mol. The van der Waals surface area contributed by atoms with Crippen LogP contribution in [-0.4, -0.2) is 26.0 Å². The van der Waals surface area contributed by atoms with Gasteiger partial charge in [-0.25, -0.2) is 18.2 Å².